The third-order valence-electron chi connectivity index (χ3n) is 4.00. The van der Waals surface area contributed by atoms with Gasteiger partial charge in [0, 0.05) is 5.33 Å². The Labute approximate surface area is 143 Å². The van der Waals surface area contributed by atoms with Crippen molar-refractivity contribution in [3.8, 4) is 11.8 Å². The van der Waals surface area contributed by atoms with E-state index in [4.69, 9.17) is 9.47 Å². The van der Waals surface area contributed by atoms with Crippen LogP contribution < -0.4 is 4.74 Å². The van der Waals surface area contributed by atoms with E-state index in [0.29, 0.717) is 11.3 Å². The third kappa shape index (κ3) is 2.72. The van der Waals surface area contributed by atoms with Gasteiger partial charge in [-0.25, -0.2) is 4.39 Å². The molecule has 1 aromatic rings. The van der Waals surface area contributed by atoms with Crippen molar-refractivity contribution < 1.29 is 18.7 Å². The molecule has 1 aliphatic rings. The maximum absolute atomic E-state index is 15.3. The molecule has 0 aliphatic heterocycles. The van der Waals surface area contributed by atoms with Crippen LogP contribution >= 0.6 is 15.9 Å². The highest BCUT2D eigenvalue weighted by Crippen LogP contribution is 2.71. The number of nitrogens with zero attached hydrogens (tertiary/aromatic N) is 1. The number of benzene rings is 1. The van der Waals surface area contributed by atoms with E-state index < -0.39 is 28.6 Å². The smallest absolute Gasteiger partial charge is 0.331 e. The van der Waals surface area contributed by atoms with Gasteiger partial charge in [0.05, 0.1) is 19.1 Å². The molecule has 0 radical (unpaired) electrons. The molecule has 0 amide bonds. The number of methoxy groups -OCH3 is 1. The third-order valence-corrected chi connectivity index (χ3v) is 4.82. The highest BCUT2D eigenvalue weighted by molar-refractivity contribution is 9.09. The molecule has 0 saturated heterocycles. The molecule has 0 heterocycles. The minimum Gasteiger partial charge on any atom is -0.497 e. The Bertz CT molecular complexity index is 649. The molecule has 3 unspecified atom stereocenters. The SMILES string of the molecule is COc1ccc(C2C(F)(CBr)C2(C#N)C(=O)OC(C)(C)C)cc1. The highest BCUT2D eigenvalue weighted by atomic mass is 79.9. The molecule has 1 aliphatic carbocycles. The normalized spacial score (nSPS) is 29.5. The maximum atomic E-state index is 15.3. The molecule has 3 atom stereocenters. The molecule has 1 saturated carbocycles. The van der Waals surface area contributed by atoms with Crippen molar-refractivity contribution in [2.75, 3.05) is 12.4 Å². The van der Waals surface area contributed by atoms with Gasteiger partial charge in [0.2, 0.25) is 0 Å². The summed E-state index contributed by atoms with van der Waals surface area (Å²) in [6.07, 6.45) is 0. The number of alkyl halides is 2. The van der Waals surface area contributed by atoms with Crippen LogP contribution in [0.4, 0.5) is 4.39 Å². The Kier molecular flexibility index (Phi) is 4.46. The molecule has 23 heavy (non-hydrogen) atoms. The van der Waals surface area contributed by atoms with Crippen LogP contribution in [0.5, 0.6) is 5.75 Å². The number of ether oxygens (including phenoxy) is 2. The fourth-order valence-electron chi connectivity index (χ4n) is 2.84. The van der Waals surface area contributed by atoms with Crippen LogP contribution in [-0.2, 0) is 9.53 Å². The first-order valence-electron chi connectivity index (χ1n) is 7.20. The summed E-state index contributed by atoms with van der Waals surface area (Å²) in [4.78, 5) is 12.5. The van der Waals surface area contributed by atoms with E-state index in [9.17, 15) is 10.1 Å². The molecule has 0 N–H and O–H groups in total. The van der Waals surface area contributed by atoms with Gasteiger partial charge in [-0.1, -0.05) is 28.1 Å². The molecule has 0 aromatic heterocycles. The van der Waals surface area contributed by atoms with Crippen molar-refractivity contribution in [3.05, 3.63) is 29.8 Å². The Morgan fingerprint density at radius 3 is 2.35 bits per heavy atom. The van der Waals surface area contributed by atoms with Crippen molar-refractivity contribution in [1.82, 2.24) is 0 Å². The van der Waals surface area contributed by atoms with Gasteiger partial charge >= 0.3 is 5.97 Å². The molecule has 0 bridgehead atoms. The molecule has 124 valence electrons. The molecular formula is C17H19BrFNO3. The van der Waals surface area contributed by atoms with Crippen molar-refractivity contribution in [3.63, 3.8) is 0 Å². The van der Waals surface area contributed by atoms with Crippen LogP contribution in [0.2, 0.25) is 0 Å². The quantitative estimate of drug-likeness (QED) is 0.586. The zero-order valence-corrected chi connectivity index (χ0v) is 15.1. The van der Waals surface area contributed by atoms with E-state index >= 15 is 4.39 Å². The minimum absolute atomic E-state index is 0.122. The lowest BCUT2D eigenvalue weighted by Gasteiger charge is -2.22. The Morgan fingerprint density at radius 1 is 1.39 bits per heavy atom. The predicted octanol–water partition coefficient (Wildman–Crippen LogP) is 3.75. The van der Waals surface area contributed by atoms with Gasteiger partial charge < -0.3 is 9.47 Å². The zero-order valence-electron chi connectivity index (χ0n) is 13.5. The average Bonchev–Trinajstić information content (AvgIpc) is 3.07. The van der Waals surface area contributed by atoms with Gasteiger partial charge in [-0.2, -0.15) is 5.26 Å². The van der Waals surface area contributed by atoms with Crippen molar-refractivity contribution in [2.24, 2.45) is 5.41 Å². The van der Waals surface area contributed by atoms with Crippen LogP contribution in [0.1, 0.15) is 32.3 Å². The van der Waals surface area contributed by atoms with E-state index in [1.807, 2.05) is 6.07 Å². The predicted molar refractivity (Wildman–Crippen MR) is 87.3 cm³/mol. The van der Waals surface area contributed by atoms with E-state index in [2.05, 4.69) is 15.9 Å². The van der Waals surface area contributed by atoms with E-state index in [-0.39, 0.29) is 5.33 Å². The van der Waals surface area contributed by atoms with Crippen LogP contribution in [-0.4, -0.2) is 29.7 Å². The first-order chi connectivity index (χ1) is 10.7. The fraction of sp³-hybridized carbons (Fsp3) is 0.529. The van der Waals surface area contributed by atoms with Crippen LogP contribution in [0.25, 0.3) is 0 Å². The monoisotopic (exact) mass is 383 g/mol. The highest BCUT2D eigenvalue weighted by Gasteiger charge is 2.84. The van der Waals surface area contributed by atoms with Gasteiger partial charge in [0.25, 0.3) is 0 Å². The second-order valence-electron chi connectivity index (χ2n) is 6.62. The molecule has 1 fully saturated rings. The molecule has 4 nitrogen and oxygen atoms in total. The molecule has 6 heteroatoms. The summed E-state index contributed by atoms with van der Waals surface area (Å²) in [5.41, 5.74) is -4.06. The van der Waals surface area contributed by atoms with Crippen LogP contribution in [0.3, 0.4) is 0 Å². The molecule has 2 rings (SSSR count). The zero-order chi connectivity index (χ0) is 17.5. The number of carbonyl (C=O) groups excluding carboxylic acids is 1. The van der Waals surface area contributed by atoms with E-state index in [0.717, 1.165) is 0 Å². The average molecular weight is 384 g/mol. The summed E-state index contributed by atoms with van der Waals surface area (Å²) in [6.45, 7) is 5.07. The number of rotatable bonds is 4. The van der Waals surface area contributed by atoms with Crippen molar-refractivity contribution >= 4 is 21.9 Å². The summed E-state index contributed by atoms with van der Waals surface area (Å²) < 4.78 is 25.7. The Balaban J connectivity index is 2.42. The number of carbonyl (C=O) groups is 1. The van der Waals surface area contributed by atoms with Gasteiger partial charge in [-0.15, -0.1) is 0 Å². The Morgan fingerprint density at radius 2 is 1.96 bits per heavy atom. The second-order valence-corrected chi connectivity index (χ2v) is 7.18. The number of hydrogen-bond acceptors (Lipinski definition) is 4. The van der Waals surface area contributed by atoms with Gasteiger partial charge in [0.1, 0.15) is 11.4 Å². The van der Waals surface area contributed by atoms with Crippen molar-refractivity contribution in [1.29, 1.82) is 5.26 Å². The number of hydrogen-bond donors (Lipinski definition) is 0. The number of esters is 1. The number of nitriles is 1. The standard InChI is InChI=1S/C17H19BrFNO3/c1-15(2,3)23-14(21)16(10-20)13(17(16,19)9-18)11-5-7-12(22-4)8-6-11/h5-8,13H,9H2,1-4H3. The van der Waals surface area contributed by atoms with E-state index in [1.165, 1.54) is 7.11 Å². The lowest BCUT2D eigenvalue weighted by atomic mass is 9.99. The molecule has 0 spiro atoms. The summed E-state index contributed by atoms with van der Waals surface area (Å²) in [5, 5.41) is 9.47. The largest absolute Gasteiger partial charge is 0.497 e. The van der Waals surface area contributed by atoms with Crippen LogP contribution in [0.15, 0.2) is 24.3 Å². The lowest BCUT2D eigenvalue weighted by Crippen LogP contribution is -2.33. The van der Waals surface area contributed by atoms with Gasteiger partial charge in [-0.3, -0.25) is 4.79 Å². The first kappa shape index (κ1) is 17.7. The summed E-state index contributed by atoms with van der Waals surface area (Å²) in [5.74, 6) is -1.08. The molecular weight excluding hydrogens is 365 g/mol. The summed E-state index contributed by atoms with van der Waals surface area (Å²) in [6, 6.07) is 8.58. The van der Waals surface area contributed by atoms with E-state index in [1.54, 1.807) is 45.0 Å². The minimum atomic E-state index is -2.00. The van der Waals surface area contributed by atoms with Gasteiger partial charge in [0.15, 0.2) is 11.1 Å². The second kappa shape index (κ2) is 5.79. The summed E-state index contributed by atoms with van der Waals surface area (Å²) >= 11 is 3.10. The fourth-order valence-corrected chi connectivity index (χ4v) is 3.61. The molecule has 1 aromatic carbocycles. The Hall–Kier alpha value is -1.61. The first-order valence-corrected chi connectivity index (χ1v) is 8.32. The van der Waals surface area contributed by atoms with Crippen molar-refractivity contribution in [2.45, 2.75) is 38.0 Å². The maximum Gasteiger partial charge on any atom is 0.331 e. The van der Waals surface area contributed by atoms with Gasteiger partial charge in [-0.05, 0) is 38.5 Å². The number of halogens is 2. The topological polar surface area (TPSA) is 59.3 Å². The summed E-state index contributed by atoms with van der Waals surface area (Å²) in [7, 11) is 1.53. The van der Waals surface area contributed by atoms with Crippen LogP contribution in [0, 0.1) is 16.7 Å². The lowest BCUT2D eigenvalue weighted by molar-refractivity contribution is -0.160.